The molecule has 3 aromatic rings. The maximum absolute atomic E-state index is 12.5. The highest BCUT2D eigenvalue weighted by molar-refractivity contribution is 7.38. The Morgan fingerprint density at radius 2 is 0.438 bits per heavy atom. The van der Waals surface area contributed by atoms with Gasteiger partial charge in [-0.25, -0.2) is 0 Å². The Hall–Kier alpha value is -2.63. The van der Waals surface area contributed by atoms with Gasteiger partial charge >= 0.3 is 8.60 Å². The van der Waals surface area contributed by atoms with E-state index in [-0.39, 0.29) is 27.1 Å². The molecule has 0 saturated carbocycles. The first kappa shape index (κ1) is 89.5. The molecule has 96 heavy (non-hydrogen) atoms. The minimum absolute atomic E-state index is 0.268. The molecule has 0 bridgehead atoms. The van der Waals surface area contributed by atoms with E-state index in [9.17, 15) is 15.3 Å². The summed E-state index contributed by atoms with van der Waals surface area (Å²) in [4.78, 5) is 21.7. The number of aromatic hydroxyl groups is 3. The fourth-order valence-corrected chi connectivity index (χ4v) is 17.1. The summed E-state index contributed by atoms with van der Waals surface area (Å²) >= 11 is 0. The highest BCUT2D eigenvalue weighted by atomic mass is 31.2. The Morgan fingerprint density at radius 1 is 0.250 bits per heavy atom. The lowest BCUT2D eigenvalue weighted by Crippen LogP contribution is -2.59. The first-order chi connectivity index (χ1) is 45.6. The minimum atomic E-state index is -2.62. The predicted molar refractivity (Wildman–Crippen MR) is 423 cm³/mol. The Kier molecular flexibility index (Phi) is 45.0. The second kappa shape index (κ2) is 48.3. The van der Waals surface area contributed by atoms with Crippen LogP contribution in [0.2, 0.25) is 0 Å². The van der Waals surface area contributed by atoms with Crippen LogP contribution in [0.15, 0.2) is 36.4 Å². The Morgan fingerprint density at radius 3 is 0.667 bits per heavy atom. The maximum atomic E-state index is 12.5. The first-order valence-corrected chi connectivity index (χ1v) is 42.2. The van der Waals surface area contributed by atoms with Crippen molar-refractivity contribution in [2.75, 3.05) is 0 Å². The number of unbranched alkanes of at least 4 members (excludes halogenated alkanes) is 40. The molecular formula is C89H159O6P. The summed E-state index contributed by atoms with van der Waals surface area (Å²) in [5.74, 6) is 1.25. The third-order valence-corrected chi connectivity index (χ3v) is 22.7. The molecule has 0 aliphatic heterocycles. The molecule has 7 heteroatoms. The molecule has 0 amide bonds. The molecule has 0 heterocycles. The van der Waals surface area contributed by atoms with E-state index in [0.717, 1.165) is 68.1 Å². The zero-order valence-corrected chi connectivity index (χ0v) is 67.4. The first-order valence-electron chi connectivity index (χ1n) is 41.0. The van der Waals surface area contributed by atoms with Crippen LogP contribution in [0, 0.1) is 26.2 Å². The largest absolute Gasteiger partial charge is 0.508 e. The zero-order valence-electron chi connectivity index (χ0n) is 66.5. The number of benzene rings is 3. The second-order valence-corrected chi connectivity index (χ2v) is 34.6. The van der Waals surface area contributed by atoms with Crippen LogP contribution in [0.4, 0.5) is 0 Å². The van der Waals surface area contributed by atoms with E-state index in [1.165, 1.54) is 290 Å². The van der Waals surface area contributed by atoms with E-state index in [0.29, 0.717) is 17.2 Å². The molecular weight excluding hydrogens is 1200 g/mol. The van der Waals surface area contributed by atoms with Gasteiger partial charge in [-0.2, -0.15) is 0 Å². The minimum Gasteiger partial charge on any atom is -0.508 e. The molecule has 0 aliphatic carbocycles. The quantitative estimate of drug-likeness (QED) is 0.0247. The Labute approximate surface area is 597 Å². The van der Waals surface area contributed by atoms with E-state index in [1.807, 2.05) is 0 Å². The van der Waals surface area contributed by atoms with Crippen LogP contribution in [0.25, 0.3) is 0 Å². The summed E-state index contributed by atoms with van der Waals surface area (Å²) in [6, 6.07) is 14.2. The van der Waals surface area contributed by atoms with Gasteiger partial charge in [0.25, 0.3) is 0 Å². The fraction of sp³-hybridized carbons (Fsp3) is 0.798. The number of hydrogen-bond acceptors (Lipinski definition) is 6. The summed E-state index contributed by atoms with van der Waals surface area (Å²) in [5, 5.41) is 37.2. The lowest BCUT2D eigenvalue weighted by atomic mass is 9.40. The molecule has 0 aromatic heterocycles. The second-order valence-electron chi connectivity index (χ2n) is 34.0. The summed E-state index contributed by atoms with van der Waals surface area (Å²) < 4.78 is 0. The van der Waals surface area contributed by atoms with E-state index >= 15 is 0 Å². The molecule has 1 atom stereocenters. The van der Waals surface area contributed by atoms with Crippen molar-refractivity contribution in [1.82, 2.24) is 0 Å². The number of phenols is 3. The van der Waals surface area contributed by atoms with Crippen LogP contribution < -0.4 is 0 Å². The van der Waals surface area contributed by atoms with E-state index in [2.05, 4.69) is 154 Å². The molecule has 0 radical (unpaired) electrons. The molecule has 556 valence electrons. The van der Waals surface area contributed by atoms with Gasteiger partial charge in [0.1, 0.15) is 17.2 Å². The van der Waals surface area contributed by atoms with Gasteiger partial charge in [0.15, 0.2) is 0 Å². The molecule has 3 rings (SSSR count). The third kappa shape index (κ3) is 30.9. The van der Waals surface area contributed by atoms with Gasteiger partial charge in [0.05, 0.1) is 0 Å². The SMILES string of the molecule is CCCCCCCCCCCCCC(C)(c1cc(C(C)(C)C)c(O)cc1C)C(CCCCCCCCCCCCC)(CCCCCCCCCCCCC)C(CCCCCCCCCCCCC)(c1cc(C(C)(C)C)c(O)cc1C)c1cc(C(C)(C)C)c(O)cc1C.OP(O)O. The predicted octanol–water partition coefficient (Wildman–Crippen LogP) is 28.8. The van der Waals surface area contributed by atoms with Gasteiger partial charge < -0.3 is 30.0 Å². The number of phenolic OH excluding ortho intramolecular Hbond substituents is 3. The van der Waals surface area contributed by atoms with Crippen LogP contribution in [0.3, 0.4) is 0 Å². The van der Waals surface area contributed by atoms with Gasteiger partial charge in [0.2, 0.25) is 0 Å². The van der Waals surface area contributed by atoms with Gasteiger partial charge in [0, 0.05) is 5.41 Å². The van der Waals surface area contributed by atoms with Crippen molar-refractivity contribution in [3.63, 3.8) is 0 Å². The average molecular weight is 1360 g/mol. The molecule has 0 saturated heterocycles. The zero-order chi connectivity index (χ0) is 71.7. The maximum Gasteiger partial charge on any atom is 0.324 e. The monoisotopic (exact) mass is 1360 g/mol. The fourth-order valence-electron chi connectivity index (χ4n) is 17.1. The van der Waals surface area contributed by atoms with E-state index < -0.39 is 14.0 Å². The highest BCUT2D eigenvalue weighted by Crippen LogP contribution is 2.68. The molecule has 1 unspecified atom stereocenters. The average Bonchev–Trinajstić information content (AvgIpc) is 0.685. The number of rotatable bonds is 53. The van der Waals surface area contributed by atoms with Crippen LogP contribution in [-0.2, 0) is 27.1 Å². The molecule has 6 nitrogen and oxygen atoms in total. The van der Waals surface area contributed by atoms with Crippen molar-refractivity contribution in [3.05, 3.63) is 86.5 Å². The highest BCUT2D eigenvalue weighted by Gasteiger charge is 2.62. The van der Waals surface area contributed by atoms with Crippen molar-refractivity contribution in [2.24, 2.45) is 5.41 Å². The molecule has 0 fully saturated rings. The summed E-state index contributed by atoms with van der Waals surface area (Å²) in [6.45, 7) is 40.0. The van der Waals surface area contributed by atoms with Crippen molar-refractivity contribution in [1.29, 1.82) is 0 Å². The lowest BCUT2D eigenvalue weighted by molar-refractivity contribution is -0.000861. The standard InChI is InChI=1S/C89H156O3.H3O3P/c1-18-22-26-30-34-38-42-46-50-54-58-62-87(17,75-69-78(84(8,9)10)81(90)66-72(75)5)88(63-59-55-51-47-43-39-35-31-27-23-19-2,64-60-56-52-48-44-40-36-32-28-24-20-3)89(65-61-57-53-49-45-41-37-33-29-25-21-4,76-70-79(85(11,12)13)82(91)67-73(76)6)77-71-80(86(14,15)16)83(92)68-74(77)7;1-4(2)3/h66-71,90-92H,18-65H2,1-17H3;1-3H. The lowest BCUT2D eigenvalue weighted by Gasteiger charge is -2.63. The molecule has 3 aromatic carbocycles. The van der Waals surface area contributed by atoms with Crippen molar-refractivity contribution in [3.8, 4) is 17.2 Å². The Bertz CT molecular complexity index is 2370. The van der Waals surface area contributed by atoms with Crippen LogP contribution >= 0.6 is 8.60 Å². The van der Waals surface area contributed by atoms with Crippen LogP contribution in [0.1, 0.15) is 455 Å². The van der Waals surface area contributed by atoms with Crippen molar-refractivity contribution < 1.29 is 30.0 Å². The van der Waals surface area contributed by atoms with Gasteiger partial charge in [-0.1, -0.05) is 398 Å². The van der Waals surface area contributed by atoms with Crippen LogP contribution in [-0.4, -0.2) is 30.0 Å². The van der Waals surface area contributed by atoms with E-state index in [4.69, 9.17) is 14.7 Å². The van der Waals surface area contributed by atoms with Gasteiger partial charge in [-0.3, -0.25) is 0 Å². The van der Waals surface area contributed by atoms with Gasteiger partial charge in [-0.05, 0) is 142 Å². The number of aryl methyl sites for hydroxylation is 3. The molecule has 0 spiro atoms. The topological polar surface area (TPSA) is 121 Å². The van der Waals surface area contributed by atoms with Crippen LogP contribution in [0.5, 0.6) is 17.2 Å². The van der Waals surface area contributed by atoms with Crippen molar-refractivity contribution in [2.45, 2.75) is 453 Å². The normalized spacial score (nSPS) is 13.2. The summed E-state index contributed by atoms with van der Waals surface area (Å²) in [6.07, 6.45) is 61.9. The van der Waals surface area contributed by atoms with Crippen molar-refractivity contribution >= 4 is 8.60 Å². The molecule has 6 N–H and O–H groups in total. The van der Waals surface area contributed by atoms with Gasteiger partial charge in [-0.15, -0.1) is 0 Å². The third-order valence-electron chi connectivity index (χ3n) is 22.7. The smallest absolute Gasteiger partial charge is 0.324 e. The Balaban J connectivity index is 0.00000761. The van der Waals surface area contributed by atoms with E-state index in [1.54, 1.807) is 0 Å². The molecule has 0 aliphatic rings. The summed E-state index contributed by atoms with van der Waals surface area (Å²) in [5.41, 5.74) is 8.87. The summed E-state index contributed by atoms with van der Waals surface area (Å²) in [7, 11) is -2.62. The number of hydrogen-bond donors (Lipinski definition) is 6.